The Balaban J connectivity index is 1.27. The Morgan fingerprint density at radius 1 is 0.484 bits per heavy atom. The molecule has 0 aromatic heterocycles. The van der Waals surface area contributed by atoms with Gasteiger partial charge in [0.2, 0.25) is 5.75 Å². The molecule has 3 aromatic carbocycles. The van der Waals surface area contributed by atoms with Gasteiger partial charge in [-0.2, -0.15) is 0 Å². The average molecular weight is 882 g/mol. The van der Waals surface area contributed by atoms with Gasteiger partial charge in [-0.15, -0.1) is 0 Å². The number of ketones is 1. The number of carbonyl (C=O) groups excluding carboxylic acids is 2. The number of nitro groups is 1. The van der Waals surface area contributed by atoms with Crippen molar-refractivity contribution in [2.75, 3.05) is 13.2 Å². The number of unbranched alkanes of at least 4 members (excludes halogenated alkanes) is 28. The number of hydrogen-bond acceptors (Lipinski definition) is 7. The van der Waals surface area contributed by atoms with Crippen LogP contribution in [0.2, 0.25) is 0 Å². The van der Waals surface area contributed by atoms with Gasteiger partial charge in [0.25, 0.3) is 0 Å². The van der Waals surface area contributed by atoms with Gasteiger partial charge in [-0.25, -0.2) is 4.79 Å². The quantitative estimate of drug-likeness (QED) is 0.0107. The zero-order valence-electron chi connectivity index (χ0n) is 39.9. The molecular formula is C56H83NO7. The lowest BCUT2D eigenvalue weighted by molar-refractivity contribution is -0.385. The monoisotopic (exact) mass is 882 g/mol. The minimum Gasteiger partial charge on any atom is -0.494 e. The molecule has 0 aliphatic rings. The maximum absolute atomic E-state index is 13.0. The molecule has 0 aliphatic carbocycles. The molecule has 0 unspecified atom stereocenters. The van der Waals surface area contributed by atoms with Gasteiger partial charge in [0.1, 0.15) is 11.5 Å². The van der Waals surface area contributed by atoms with Crippen LogP contribution < -0.4 is 14.2 Å². The van der Waals surface area contributed by atoms with Crippen LogP contribution in [0.1, 0.15) is 233 Å². The lowest BCUT2D eigenvalue weighted by Gasteiger charge is -2.08. The van der Waals surface area contributed by atoms with Crippen LogP contribution >= 0.6 is 0 Å². The van der Waals surface area contributed by atoms with Crippen molar-refractivity contribution in [1.29, 1.82) is 0 Å². The SMILES string of the molecule is CCCCCCCCCCCCCCCCCCOc1ccc(/C=C/C(=O)c2ccc(OC(=O)c3ccc(OCCCCCCCCCCCCCCCC)cc3)c([N+](=O)[O-])c2)cc1. The van der Waals surface area contributed by atoms with Crippen LogP contribution in [0.4, 0.5) is 5.69 Å². The number of rotatable bonds is 40. The van der Waals surface area contributed by atoms with E-state index in [9.17, 15) is 19.7 Å². The molecule has 0 saturated carbocycles. The summed E-state index contributed by atoms with van der Waals surface area (Å²) >= 11 is 0. The number of nitrogens with zero attached hydrogens (tertiary/aromatic N) is 1. The Bertz CT molecular complexity index is 1700. The number of ether oxygens (including phenoxy) is 3. The predicted molar refractivity (Wildman–Crippen MR) is 265 cm³/mol. The van der Waals surface area contributed by atoms with Gasteiger partial charge in [-0.1, -0.05) is 212 Å². The number of nitro benzene ring substituents is 1. The summed E-state index contributed by atoms with van der Waals surface area (Å²) in [5, 5.41) is 11.9. The van der Waals surface area contributed by atoms with Crippen molar-refractivity contribution in [3.8, 4) is 17.2 Å². The smallest absolute Gasteiger partial charge is 0.343 e. The highest BCUT2D eigenvalue weighted by molar-refractivity contribution is 6.07. The lowest BCUT2D eigenvalue weighted by atomic mass is 10.0. The van der Waals surface area contributed by atoms with Crippen LogP contribution in [0.5, 0.6) is 17.2 Å². The van der Waals surface area contributed by atoms with Crippen LogP contribution in [0.25, 0.3) is 6.08 Å². The first-order valence-electron chi connectivity index (χ1n) is 25.6. The van der Waals surface area contributed by atoms with E-state index >= 15 is 0 Å². The molecule has 0 aliphatic heterocycles. The van der Waals surface area contributed by atoms with Gasteiger partial charge < -0.3 is 14.2 Å². The second-order valence-corrected chi connectivity index (χ2v) is 17.7. The molecule has 0 bridgehead atoms. The third-order valence-corrected chi connectivity index (χ3v) is 12.1. The van der Waals surface area contributed by atoms with Gasteiger partial charge in [-0.05, 0) is 73.0 Å². The summed E-state index contributed by atoms with van der Waals surface area (Å²) in [5.74, 6) is 0.0550. The lowest BCUT2D eigenvalue weighted by Crippen LogP contribution is -2.10. The summed E-state index contributed by atoms with van der Waals surface area (Å²) < 4.78 is 17.2. The van der Waals surface area contributed by atoms with E-state index in [0.29, 0.717) is 19.0 Å². The van der Waals surface area contributed by atoms with E-state index in [2.05, 4.69) is 13.8 Å². The summed E-state index contributed by atoms with van der Waals surface area (Å²) in [6.07, 6.45) is 42.6. The summed E-state index contributed by atoms with van der Waals surface area (Å²) in [5.41, 5.74) is 0.681. The molecule has 0 atom stereocenters. The van der Waals surface area contributed by atoms with E-state index in [1.807, 2.05) is 24.3 Å². The van der Waals surface area contributed by atoms with Crippen LogP contribution in [0, 0.1) is 10.1 Å². The van der Waals surface area contributed by atoms with Crippen molar-refractivity contribution in [2.24, 2.45) is 0 Å². The zero-order chi connectivity index (χ0) is 45.7. The minimum absolute atomic E-state index is 0.113. The van der Waals surface area contributed by atoms with E-state index < -0.39 is 22.4 Å². The topological polar surface area (TPSA) is 105 Å². The molecule has 3 rings (SSSR count). The second-order valence-electron chi connectivity index (χ2n) is 17.7. The Morgan fingerprint density at radius 2 is 0.844 bits per heavy atom. The molecule has 8 nitrogen and oxygen atoms in total. The van der Waals surface area contributed by atoms with E-state index in [0.717, 1.165) is 36.6 Å². The molecule has 354 valence electrons. The molecular weight excluding hydrogens is 799 g/mol. The van der Waals surface area contributed by atoms with Crippen LogP contribution in [-0.2, 0) is 0 Å². The van der Waals surface area contributed by atoms with E-state index in [-0.39, 0.29) is 16.9 Å². The molecule has 8 heteroatoms. The predicted octanol–water partition coefficient (Wildman–Crippen LogP) is 17.2. The zero-order valence-corrected chi connectivity index (χ0v) is 39.9. The molecule has 0 radical (unpaired) electrons. The normalized spacial score (nSPS) is 11.3. The van der Waals surface area contributed by atoms with Crippen molar-refractivity contribution >= 4 is 23.5 Å². The molecule has 0 N–H and O–H groups in total. The Kier molecular flexibility index (Phi) is 30.2. The Labute approximate surface area is 387 Å². The fourth-order valence-corrected chi connectivity index (χ4v) is 8.02. The molecule has 0 saturated heterocycles. The van der Waals surface area contributed by atoms with Crippen molar-refractivity contribution in [1.82, 2.24) is 0 Å². The van der Waals surface area contributed by atoms with Gasteiger partial charge in [0.05, 0.1) is 23.7 Å². The number of carbonyl (C=O) groups is 2. The summed E-state index contributed by atoms with van der Waals surface area (Å²) in [4.78, 5) is 37.2. The third-order valence-electron chi connectivity index (χ3n) is 12.1. The number of hydrogen-bond donors (Lipinski definition) is 0. The summed E-state index contributed by atoms with van der Waals surface area (Å²) in [7, 11) is 0. The molecule has 64 heavy (non-hydrogen) atoms. The fourth-order valence-electron chi connectivity index (χ4n) is 8.02. The first-order chi connectivity index (χ1) is 31.4. The maximum Gasteiger partial charge on any atom is 0.343 e. The van der Waals surface area contributed by atoms with E-state index in [4.69, 9.17) is 14.2 Å². The number of allylic oxidation sites excluding steroid dienone is 1. The van der Waals surface area contributed by atoms with Crippen molar-refractivity contribution in [2.45, 2.75) is 206 Å². The first-order valence-corrected chi connectivity index (χ1v) is 25.6. The van der Waals surface area contributed by atoms with E-state index in [1.165, 1.54) is 192 Å². The summed E-state index contributed by atoms with van der Waals surface area (Å²) in [6, 6.07) is 17.9. The van der Waals surface area contributed by atoms with Crippen LogP contribution in [0.3, 0.4) is 0 Å². The third kappa shape index (κ3) is 25.1. The van der Waals surface area contributed by atoms with Crippen LogP contribution in [0.15, 0.2) is 72.8 Å². The number of esters is 1. The largest absolute Gasteiger partial charge is 0.494 e. The first kappa shape index (κ1) is 53.9. The molecule has 0 heterocycles. The Hall–Kier alpha value is -4.46. The molecule has 3 aromatic rings. The van der Waals surface area contributed by atoms with Gasteiger partial charge in [0, 0.05) is 11.6 Å². The highest BCUT2D eigenvalue weighted by Gasteiger charge is 2.21. The highest BCUT2D eigenvalue weighted by atomic mass is 16.6. The average Bonchev–Trinajstić information content (AvgIpc) is 3.31. The van der Waals surface area contributed by atoms with Crippen molar-refractivity contribution in [3.05, 3.63) is 99.6 Å². The van der Waals surface area contributed by atoms with Crippen molar-refractivity contribution in [3.63, 3.8) is 0 Å². The van der Waals surface area contributed by atoms with Gasteiger partial charge in [-0.3, -0.25) is 14.9 Å². The fraction of sp³-hybridized carbons (Fsp3) is 0.607. The summed E-state index contributed by atoms with van der Waals surface area (Å²) in [6.45, 7) is 5.82. The molecule has 0 spiro atoms. The van der Waals surface area contributed by atoms with Crippen LogP contribution in [-0.4, -0.2) is 29.9 Å². The Morgan fingerprint density at radius 3 is 1.23 bits per heavy atom. The van der Waals surface area contributed by atoms with Gasteiger partial charge in [0.15, 0.2) is 5.78 Å². The maximum atomic E-state index is 13.0. The molecule has 0 amide bonds. The van der Waals surface area contributed by atoms with Crippen molar-refractivity contribution < 1.29 is 28.7 Å². The minimum atomic E-state index is -0.738. The second kappa shape index (κ2) is 35.8. The number of benzene rings is 3. The van der Waals surface area contributed by atoms with Gasteiger partial charge >= 0.3 is 11.7 Å². The van der Waals surface area contributed by atoms with E-state index in [1.54, 1.807) is 30.3 Å². The standard InChI is InChI=1S/C56H83NO7/c1-3-5-7-9-11-13-15-17-19-20-22-24-25-27-29-31-45-62-51-39-33-48(34-40-51)35-43-54(58)50-38-44-55(53(47-50)57(60)61)64-56(59)49-36-41-52(42-37-49)63-46-32-30-28-26-23-21-18-16-14-12-10-8-6-4-2/h33-44,47H,3-32,45-46H2,1-2H3/b43-35+. The highest BCUT2D eigenvalue weighted by Crippen LogP contribution is 2.30. The molecule has 0 fully saturated rings.